The maximum Gasteiger partial charge on any atom is 0.109 e. The summed E-state index contributed by atoms with van der Waals surface area (Å²) in [5.74, 6) is 0.553. The van der Waals surface area contributed by atoms with E-state index in [1.807, 2.05) is 0 Å². The van der Waals surface area contributed by atoms with Gasteiger partial charge in [0.05, 0.1) is 6.07 Å². The minimum absolute atomic E-state index is 0.225. The quantitative estimate of drug-likeness (QED) is 0.703. The Labute approximate surface area is 124 Å². The van der Waals surface area contributed by atoms with Gasteiger partial charge in [0.15, 0.2) is 0 Å². The Morgan fingerprint density at radius 1 is 1.20 bits per heavy atom. The van der Waals surface area contributed by atoms with Crippen LogP contribution < -0.4 is 5.32 Å². The molecule has 2 aliphatic carbocycles. The van der Waals surface area contributed by atoms with Crippen LogP contribution in [-0.2, 0) is 0 Å². The third-order valence-corrected chi connectivity index (χ3v) is 5.05. The number of nitrogens with one attached hydrogen (secondary N) is 1. The highest BCUT2D eigenvalue weighted by Crippen LogP contribution is 2.38. The first-order valence-corrected chi connectivity index (χ1v) is 8.66. The van der Waals surface area contributed by atoms with Gasteiger partial charge in [-0.25, -0.2) is 0 Å². The molecule has 2 fully saturated rings. The summed E-state index contributed by atoms with van der Waals surface area (Å²) in [5, 5.41) is 13.2. The van der Waals surface area contributed by atoms with Gasteiger partial charge >= 0.3 is 0 Å². The van der Waals surface area contributed by atoms with E-state index in [-0.39, 0.29) is 5.54 Å². The summed E-state index contributed by atoms with van der Waals surface area (Å²) in [6.07, 6.45) is 9.83. The first-order chi connectivity index (χ1) is 9.75. The lowest BCUT2D eigenvalue weighted by molar-refractivity contribution is 0.216. The van der Waals surface area contributed by atoms with Gasteiger partial charge in [-0.2, -0.15) is 5.26 Å². The monoisotopic (exact) mass is 277 g/mol. The SMILES string of the molecule is CCCNC1(C#N)CCCC1CCN(CCC)C1CC1. The molecule has 1 N–H and O–H groups in total. The molecule has 0 spiro atoms. The van der Waals surface area contributed by atoms with Crippen LogP contribution in [0.25, 0.3) is 0 Å². The molecule has 0 aliphatic heterocycles. The third-order valence-electron chi connectivity index (χ3n) is 5.05. The van der Waals surface area contributed by atoms with Crippen molar-refractivity contribution < 1.29 is 0 Å². The van der Waals surface area contributed by atoms with Gasteiger partial charge in [0, 0.05) is 6.04 Å². The molecule has 0 aromatic rings. The second-order valence-corrected chi connectivity index (χ2v) is 6.65. The maximum absolute atomic E-state index is 9.68. The summed E-state index contributed by atoms with van der Waals surface area (Å²) in [6, 6.07) is 3.49. The highest BCUT2D eigenvalue weighted by atomic mass is 15.2. The summed E-state index contributed by atoms with van der Waals surface area (Å²) in [4.78, 5) is 2.67. The van der Waals surface area contributed by atoms with Crippen LogP contribution >= 0.6 is 0 Å². The lowest BCUT2D eigenvalue weighted by atomic mass is 9.85. The second kappa shape index (κ2) is 7.43. The predicted octanol–water partition coefficient (Wildman–Crippen LogP) is 3.31. The zero-order chi connectivity index (χ0) is 14.4. The Morgan fingerprint density at radius 2 is 2.00 bits per heavy atom. The number of nitrogens with zero attached hydrogens (tertiary/aromatic N) is 2. The summed E-state index contributed by atoms with van der Waals surface area (Å²) in [6.45, 7) is 7.86. The first kappa shape index (κ1) is 15.8. The molecule has 2 atom stereocenters. The van der Waals surface area contributed by atoms with Crippen molar-refractivity contribution in [1.29, 1.82) is 5.26 Å². The molecule has 0 radical (unpaired) electrons. The Balaban J connectivity index is 1.87. The van der Waals surface area contributed by atoms with Gasteiger partial charge in [0.25, 0.3) is 0 Å². The van der Waals surface area contributed by atoms with E-state index in [4.69, 9.17) is 0 Å². The summed E-state index contributed by atoms with van der Waals surface area (Å²) in [7, 11) is 0. The van der Waals surface area contributed by atoms with E-state index < -0.39 is 0 Å². The Morgan fingerprint density at radius 3 is 2.60 bits per heavy atom. The van der Waals surface area contributed by atoms with Gasteiger partial charge < -0.3 is 4.90 Å². The fourth-order valence-corrected chi connectivity index (χ4v) is 3.76. The van der Waals surface area contributed by atoms with Crippen molar-refractivity contribution in [3.63, 3.8) is 0 Å². The van der Waals surface area contributed by atoms with Crippen molar-refractivity contribution in [3.8, 4) is 6.07 Å². The van der Waals surface area contributed by atoms with Crippen molar-refractivity contribution in [2.75, 3.05) is 19.6 Å². The molecule has 2 aliphatic rings. The van der Waals surface area contributed by atoms with Gasteiger partial charge in [-0.05, 0) is 70.5 Å². The minimum Gasteiger partial charge on any atom is -0.300 e. The topological polar surface area (TPSA) is 39.1 Å². The summed E-state index contributed by atoms with van der Waals surface area (Å²) >= 11 is 0. The average Bonchev–Trinajstić information content (AvgIpc) is 3.23. The molecule has 3 nitrogen and oxygen atoms in total. The van der Waals surface area contributed by atoms with E-state index in [1.165, 1.54) is 51.6 Å². The van der Waals surface area contributed by atoms with Crippen molar-refractivity contribution in [1.82, 2.24) is 10.2 Å². The van der Waals surface area contributed by atoms with Gasteiger partial charge in [0.2, 0.25) is 0 Å². The third kappa shape index (κ3) is 3.74. The number of hydrogen-bond acceptors (Lipinski definition) is 3. The minimum atomic E-state index is -0.225. The van der Waals surface area contributed by atoms with Crippen molar-refractivity contribution in [2.24, 2.45) is 5.92 Å². The lowest BCUT2D eigenvalue weighted by Crippen LogP contribution is -2.48. The molecule has 0 aromatic heterocycles. The predicted molar refractivity (Wildman–Crippen MR) is 83.5 cm³/mol. The largest absolute Gasteiger partial charge is 0.300 e. The van der Waals surface area contributed by atoms with Gasteiger partial charge in [-0.15, -0.1) is 0 Å². The molecule has 114 valence electrons. The van der Waals surface area contributed by atoms with Crippen molar-refractivity contribution >= 4 is 0 Å². The Hall–Kier alpha value is -0.590. The first-order valence-electron chi connectivity index (χ1n) is 8.66. The highest BCUT2D eigenvalue weighted by molar-refractivity contribution is 5.14. The molecule has 0 heterocycles. The highest BCUT2D eigenvalue weighted by Gasteiger charge is 2.42. The van der Waals surface area contributed by atoms with Crippen LogP contribution in [0.1, 0.15) is 65.2 Å². The number of hydrogen-bond donors (Lipinski definition) is 1. The van der Waals surface area contributed by atoms with Crippen LogP contribution in [-0.4, -0.2) is 36.1 Å². The normalized spacial score (nSPS) is 29.8. The number of rotatable bonds is 9. The molecule has 3 heteroatoms. The molecule has 0 aromatic carbocycles. The van der Waals surface area contributed by atoms with Crippen LogP contribution in [0.5, 0.6) is 0 Å². The lowest BCUT2D eigenvalue weighted by Gasteiger charge is -2.32. The molecule has 0 saturated heterocycles. The fraction of sp³-hybridized carbons (Fsp3) is 0.941. The molecule has 2 rings (SSSR count). The molecule has 2 saturated carbocycles. The van der Waals surface area contributed by atoms with Crippen LogP contribution in [0, 0.1) is 17.2 Å². The average molecular weight is 277 g/mol. The zero-order valence-corrected chi connectivity index (χ0v) is 13.3. The van der Waals surface area contributed by atoms with Gasteiger partial charge in [-0.1, -0.05) is 20.3 Å². The molecule has 0 amide bonds. The van der Waals surface area contributed by atoms with Crippen molar-refractivity contribution in [3.05, 3.63) is 0 Å². The van der Waals surface area contributed by atoms with Crippen LogP contribution in [0.2, 0.25) is 0 Å². The van der Waals surface area contributed by atoms with E-state index in [1.54, 1.807) is 0 Å². The summed E-state index contributed by atoms with van der Waals surface area (Å²) < 4.78 is 0. The maximum atomic E-state index is 9.68. The van der Waals surface area contributed by atoms with Crippen LogP contribution in [0.3, 0.4) is 0 Å². The Bertz CT molecular complexity index is 332. The molecule has 0 bridgehead atoms. The Kier molecular flexibility index (Phi) is 5.86. The van der Waals surface area contributed by atoms with E-state index in [0.717, 1.165) is 25.4 Å². The van der Waals surface area contributed by atoms with Gasteiger partial charge in [-0.3, -0.25) is 5.32 Å². The standard InChI is InChI=1S/C17H31N3/c1-3-11-19-17(14-18)10-5-6-15(17)9-13-20(12-4-2)16-7-8-16/h15-16,19H,3-13H2,1-2H3. The second-order valence-electron chi connectivity index (χ2n) is 6.65. The van der Waals surface area contributed by atoms with E-state index >= 15 is 0 Å². The number of nitriles is 1. The molecule has 20 heavy (non-hydrogen) atoms. The van der Waals surface area contributed by atoms with Crippen LogP contribution in [0.15, 0.2) is 0 Å². The van der Waals surface area contributed by atoms with E-state index in [2.05, 4.69) is 30.1 Å². The summed E-state index contributed by atoms with van der Waals surface area (Å²) in [5.41, 5.74) is -0.225. The van der Waals surface area contributed by atoms with Crippen LogP contribution in [0.4, 0.5) is 0 Å². The molecular formula is C17H31N3. The molecule has 2 unspecified atom stereocenters. The van der Waals surface area contributed by atoms with Gasteiger partial charge in [0.1, 0.15) is 5.54 Å². The zero-order valence-electron chi connectivity index (χ0n) is 13.3. The van der Waals surface area contributed by atoms with Crippen molar-refractivity contribution in [2.45, 2.75) is 76.8 Å². The van der Waals surface area contributed by atoms with E-state index in [0.29, 0.717) is 5.92 Å². The smallest absolute Gasteiger partial charge is 0.109 e. The fourth-order valence-electron chi connectivity index (χ4n) is 3.76. The van der Waals surface area contributed by atoms with E-state index in [9.17, 15) is 5.26 Å². The molecular weight excluding hydrogens is 246 g/mol.